The molecule has 0 unspecified atom stereocenters. The standard InChI is InChI=1S/C19H21NO3/c1-12(2)11-20-18(21)16-8-15(9-17(10-16)19(22)23)14-6-4-13(3)5-7-14/h4-10,12H,11H2,1-3H3,(H,20,21)(H,22,23). The monoisotopic (exact) mass is 311 g/mol. The topological polar surface area (TPSA) is 66.4 Å². The molecule has 2 aromatic rings. The SMILES string of the molecule is Cc1ccc(-c2cc(C(=O)O)cc(C(=O)NCC(C)C)c2)cc1. The van der Waals surface area contributed by atoms with E-state index < -0.39 is 5.97 Å². The van der Waals surface area contributed by atoms with Crippen molar-refractivity contribution in [3.8, 4) is 11.1 Å². The van der Waals surface area contributed by atoms with Gasteiger partial charge in [0, 0.05) is 12.1 Å². The van der Waals surface area contributed by atoms with Crippen LogP contribution in [0.15, 0.2) is 42.5 Å². The summed E-state index contributed by atoms with van der Waals surface area (Å²) in [5.74, 6) is -0.967. The second-order valence-electron chi connectivity index (χ2n) is 6.07. The van der Waals surface area contributed by atoms with Gasteiger partial charge in [-0.05, 0) is 42.2 Å². The van der Waals surface area contributed by atoms with Crippen LogP contribution in [0.1, 0.15) is 40.1 Å². The predicted molar refractivity (Wildman–Crippen MR) is 90.7 cm³/mol. The molecule has 0 spiro atoms. The van der Waals surface area contributed by atoms with Crippen LogP contribution < -0.4 is 5.32 Å². The molecule has 2 aromatic carbocycles. The van der Waals surface area contributed by atoms with Gasteiger partial charge in [0.2, 0.25) is 0 Å². The van der Waals surface area contributed by atoms with E-state index in [1.807, 2.05) is 45.0 Å². The Balaban J connectivity index is 2.41. The molecule has 0 aliphatic heterocycles. The maximum atomic E-state index is 12.3. The van der Waals surface area contributed by atoms with Crippen molar-refractivity contribution in [3.63, 3.8) is 0 Å². The van der Waals surface area contributed by atoms with Crippen molar-refractivity contribution in [2.75, 3.05) is 6.54 Å². The quantitative estimate of drug-likeness (QED) is 0.884. The largest absolute Gasteiger partial charge is 0.478 e. The summed E-state index contributed by atoms with van der Waals surface area (Å²) in [6, 6.07) is 12.5. The smallest absolute Gasteiger partial charge is 0.335 e. The summed E-state index contributed by atoms with van der Waals surface area (Å²) in [5.41, 5.74) is 3.20. The summed E-state index contributed by atoms with van der Waals surface area (Å²) in [7, 11) is 0. The van der Waals surface area contributed by atoms with Gasteiger partial charge in [-0.25, -0.2) is 4.79 Å². The average molecular weight is 311 g/mol. The maximum Gasteiger partial charge on any atom is 0.335 e. The van der Waals surface area contributed by atoms with Gasteiger partial charge in [-0.2, -0.15) is 0 Å². The second kappa shape index (κ2) is 7.09. The van der Waals surface area contributed by atoms with E-state index in [0.29, 0.717) is 18.0 Å². The fourth-order valence-electron chi connectivity index (χ4n) is 2.19. The van der Waals surface area contributed by atoms with Gasteiger partial charge in [0.15, 0.2) is 0 Å². The molecule has 0 saturated heterocycles. The van der Waals surface area contributed by atoms with E-state index in [1.165, 1.54) is 6.07 Å². The third-order valence-corrected chi connectivity index (χ3v) is 3.50. The average Bonchev–Trinajstić information content (AvgIpc) is 2.52. The van der Waals surface area contributed by atoms with Crippen molar-refractivity contribution in [2.45, 2.75) is 20.8 Å². The molecule has 0 aliphatic rings. The molecule has 4 heteroatoms. The lowest BCUT2D eigenvalue weighted by Crippen LogP contribution is -2.27. The van der Waals surface area contributed by atoms with Crippen LogP contribution in [0.25, 0.3) is 11.1 Å². The minimum atomic E-state index is -1.04. The van der Waals surface area contributed by atoms with Gasteiger partial charge in [0.25, 0.3) is 5.91 Å². The zero-order chi connectivity index (χ0) is 17.0. The Morgan fingerprint density at radius 3 is 2.17 bits per heavy atom. The minimum Gasteiger partial charge on any atom is -0.478 e. The number of carbonyl (C=O) groups excluding carboxylic acids is 1. The van der Waals surface area contributed by atoms with Crippen molar-refractivity contribution in [1.82, 2.24) is 5.32 Å². The number of hydrogen-bond donors (Lipinski definition) is 2. The van der Waals surface area contributed by atoms with Crippen LogP contribution in [0.4, 0.5) is 0 Å². The van der Waals surface area contributed by atoms with Crippen molar-refractivity contribution in [2.24, 2.45) is 5.92 Å². The Morgan fingerprint density at radius 1 is 1.00 bits per heavy atom. The molecule has 0 aromatic heterocycles. The lowest BCUT2D eigenvalue weighted by molar-refractivity contribution is 0.0697. The third-order valence-electron chi connectivity index (χ3n) is 3.50. The lowest BCUT2D eigenvalue weighted by atomic mass is 9.98. The fraction of sp³-hybridized carbons (Fsp3) is 0.263. The third kappa shape index (κ3) is 4.42. The van der Waals surface area contributed by atoms with E-state index in [0.717, 1.165) is 16.7 Å². The van der Waals surface area contributed by atoms with Crippen LogP contribution in [0.2, 0.25) is 0 Å². The molecule has 0 bridgehead atoms. The van der Waals surface area contributed by atoms with Gasteiger partial charge in [0.1, 0.15) is 0 Å². The summed E-state index contributed by atoms with van der Waals surface area (Å²) >= 11 is 0. The number of amides is 1. The van der Waals surface area contributed by atoms with Crippen molar-refractivity contribution >= 4 is 11.9 Å². The van der Waals surface area contributed by atoms with E-state index in [2.05, 4.69) is 5.32 Å². The van der Waals surface area contributed by atoms with Gasteiger partial charge in [-0.15, -0.1) is 0 Å². The van der Waals surface area contributed by atoms with Crippen LogP contribution in [0.3, 0.4) is 0 Å². The molecule has 0 atom stereocenters. The molecular weight excluding hydrogens is 290 g/mol. The Labute approximate surface area is 136 Å². The zero-order valence-corrected chi connectivity index (χ0v) is 13.6. The van der Waals surface area contributed by atoms with Gasteiger partial charge in [-0.1, -0.05) is 43.7 Å². The van der Waals surface area contributed by atoms with Crippen LogP contribution >= 0.6 is 0 Å². The number of hydrogen-bond acceptors (Lipinski definition) is 2. The molecule has 2 rings (SSSR count). The highest BCUT2D eigenvalue weighted by atomic mass is 16.4. The van der Waals surface area contributed by atoms with Crippen LogP contribution in [-0.2, 0) is 0 Å². The number of aromatic carboxylic acids is 1. The molecule has 120 valence electrons. The molecule has 0 saturated carbocycles. The van der Waals surface area contributed by atoms with Crippen LogP contribution in [0, 0.1) is 12.8 Å². The van der Waals surface area contributed by atoms with Crippen molar-refractivity contribution in [3.05, 3.63) is 59.2 Å². The molecule has 2 N–H and O–H groups in total. The summed E-state index contributed by atoms with van der Waals surface area (Å²) in [4.78, 5) is 23.6. The number of nitrogens with one attached hydrogen (secondary N) is 1. The number of benzene rings is 2. The van der Waals surface area contributed by atoms with Gasteiger partial charge in [-0.3, -0.25) is 4.79 Å². The second-order valence-corrected chi connectivity index (χ2v) is 6.07. The van der Waals surface area contributed by atoms with Crippen molar-refractivity contribution < 1.29 is 14.7 Å². The normalized spacial score (nSPS) is 10.6. The first-order chi connectivity index (χ1) is 10.9. The van der Waals surface area contributed by atoms with E-state index >= 15 is 0 Å². The maximum absolute atomic E-state index is 12.3. The Bertz CT molecular complexity index is 718. The number of aryl methyl sites for hydroxylation is 1. The molecule has 0 aliphatic carbocycles. The first-order valence-corrected chi connectivity index (χ1v) is 7.60. The molecule has 0 heterocycles. The summed E-state index contributed by atoms with van der Waals surface area (Å²) in [5, 5.41) is 12.1. The zero-order valence-electron chi connectivity index (χ0n) is 13.6. The van der Waals surface area contributed by atoms with E-state index in [-0.39, 0.29) is 11.5 Å². The van der Waals surface area contributed by atoms with E-state index in [9.17, 15) is 14.7 Å². The highest BCUT2D eigenvalue weighted by Crippen LogP contribution is 2.23. The van der Waals surface area contributed by atoms with Crippen molar-refractivity contribution in [1.29, 1.82) is 0 Å². The van der Waals surface area contributed by atoms with Gasteiger partial charge >= 0.3 is 5.97 Å². The summed E-state index contributed by atoms with van der Waals surface area (Å²) in [6.45, 7) is 6.55. The Hall–Kier alpha value is -2.62. The first kappa shape index (κ1) is 16.7. The highest BCUT2D eigenvalue weighted by molar-refractivity contribution is 5.99. The number of carboxylic acids is 1. The molecule has 0 radical (unpaired) electrons. The molecular formula is C19H21NO3. The first-order valence-electron chi connectivity index (χ1n) is 7.60. The number of carboxylic acid groups (broad SMARTS) is 1. The highest BCUT2D eigenvalue weighted by Gasteiger charge is 2.13. The molecule has 4 nitrogen and oxygen atoms in total. The molecule has 1 amide bonds. The van der Waals surface area contributed by atoms with Crippen LogP contribution in [0.5, 0.6) is 0 Å². The van der Waals surface area contributed by atoms with E-state index in [1.54, 1.807) is 12.1 Å². The van der Waals surface area contributed by atoms with Gasteiger partial charge in [0.05, 0.1) is 5.56 Å². The minimum absolute atomic E-state index is 0.109. The molecule has 23 heavy (non-hydrogen) atoms. The summed E-state index contributed by atoms with van der Waals surface area (Å²) in [6.07, 6.45) is 0. The lowest BCUT2D eigenvalue weighted by Gasteiger charge is -2.10. The van der Waals surface area contributed by atoms with E-state index in [4.69, 9.17) is 0 Å². The predicted octanol–water partition coefficient (Wildman–Crippen LogP) is 3.75. The fourth-order valence-corrected chi connectivity index (χ4v) is 2.19. The molecule has 0 fully saturated rings. The number of rotatable bonds is 5. The Morgan fingerprint density at radius 2 is 1.61 bits per heavy atom. The van der Waals surface area contributed by atoms with Crippen LogP contribution in [-0.4, -0.2) is 23.5 Å². The summed E-state index contributed by atoms with van der Waals surface area (Å²) < 4.78 is 0. The van der Waals surface area contributed by atoms with Gasteiger partial charge < -0.3 is 10.4 Å². The Kier molecular flexibility index (Phi) is 5.16. The number of carbonyl (C=O) groups is 2.